The fourth-order valence-electron chi connectivity index (χ4n) is 1.58. The number of hydrogen-bond acceptors (Lipinski definition) is 5. The van der Waals surface area contributed by atoms with Crippen LogP contribution < -0.4 is 10.5 Å². The van der Waals surface area contributed by atoms with Crippen molar-refractivity contribution in [3.63, 3.8) is 0 Å². The van der Waals surface area contributed by atoms with Crippen molar-refractivity contribution in [3.05, 3.63) is 48.0 Å². The molecule has 0 aliphatic carbocycles. The van der Waals surface area contributed by atoms with E-state index in [0.29, 0.717) is 6.61 Å². The molecule has 0 saturated carbocycles. The highest BCUT2D eigenvalue weighted by Crippen LogP contribution is 2.21. The molecule has 5 nitrogen and oxygen atoms in total. The molecule has 94 valence electrons. The van der Waals surface area contributed by atoms with Crippen molar-refractivity contribution >= 4 is 0 Å². The van der Waals surface area contributed by atoms with Crippen LogP contribution in [0.5, 0.6) is 5.75 Å². The van der Waals surface area contributed by atoms with E-state index in [1.54, 1.807) is 24.8 Å². The highest BCUT2D eigenvalue weighted by atomic mass is 16.5. The summed E-state index contributed by atoms with van der Waals surface area (Å²) in [5, 5.41) is 7.56. The van der Waals surface area contributed by atoms with Gasteiger partial charge in [0.1, 0.15) is 5.75 Å². The van der Waals surface area contributed by atoms with Gasteiger partial charge in [-0.05, 0) is 29.7 Å². The predicted octanol–water partition coefficient (Wildman–Crippen LogP) is 1.71. The molecule has 2 heterocycles. The van der Waals surface area contributed by atoms with Crippen molar-refractivity contribution in [2.75, 3.05) is 6.61 Å². The monoisotopic (exact) mass is 244 g/mol. The Balaban J connectivity index is 2.17. The number of nitrogens with two attached hydrogens (primary N) is 1. The van der Waals surface area contributed by atoms with Crippen molar-refractivity contribution in [2.45, 2.75) is 19.4 Å². The number of ether oxygens (including phenoxy) is 1. The molecular weight excluding hydrogens is 228 g/mol. The Hall–Kier alpha value is -2.01. The maximum absolute atomic E-state index is 6.15. The summed E-state index contributed by atoms with van der Waals surface area (Å²) in [7, 11) is 0. The van der Waals surface area contributed by atoms with Crippen LogP contribution in [-0.4, -0.2) is 21.8 Å². The largest absolute Gasteiger partial charge is 0.492 e. The van der Waals surface area contributed by atoms with E-state index >= 15 is 0 Å². The number of aromatic nitrogens is 3. The molecule has 1 atom stereocenters. The average Bonchev–Trinajstić information content (AvgIpc) is 2.45. The van der Waals surface area contributed by atoms with E-state index in [4.69, 9.17) is 10.5 Å². The summed E-state index contributed by atoms with van der Waals surface area (Å²) in [5.41, 5.74) is 7.95. The molecule has 0 amide bonds. The number of nitrogens with zero attached hydrogens (tertiary/aromatic N) is 3. The Morgan fingerprint density at radius 1 is 1.22 bits per heavy atom. The van der Waals surface area contributed by atoms with Gasteiger partial charge < -0.3 is 10.5 Å². The van der Waals surface area contributed by atoms with E-state index in [0.717, 1.165) is 23.3 Å². The van der Waals surface area contributed by atoms with Crippen LogP contribution >= 0.6 is 0 Å². The first-order valence-corrected chi connectivity index (χ1v) is 5.91. The minimum atomic E-state index is -0.266. The molecule has 1 unspecified atom stereocenters. The smallest absolute Gasteiger partial charge is 0.137 e. The summed E-state index contributed by atoms with van der Waals surface area (Å²) in [6.07, 6.45) is 7.68. The third-order valence-corrected chi connectivity index (χ3v) is 2.53. The van der Waals surface area contributed by atoms with Gasteiger partial charge in [-0.1, -0.05) is 6.92 Å². The summed E-state index contributed by atoms with van der Waals surface area (Å²) in [5.74, 6) is 0.742. The lowest BCUT2D eigenvalue weighted by atomic mass is 10.0. The summed E-state index contributed by atoms with van der Waals surface area (Å²) in [4.78, 5) is 4.14. The first kappa shape index (κ1) is 12.4. The van der Waals surface area contributed by atoms with E-state index in [9.17, 15) is 0 Å². The van der Waals surface area contributed by atoms with Crippen molar-refractivity contribution in [1.82, 2.24) is 15.2 Å². The first-order valence-electron chi connectivity index (χ1n) is 5.91. The summed E-state index contributed by atoms with van der Waals surface area (Å²) in [6, 6.07) is 3.49. The fourth-order valence-corrected chi connectivity index (χ4v) is 1.58. The zero-order valence-corrected chi connectivity index (χ0v) is 10.3. The third kappa shape index (κ3) is 3.01. The molecular formula is C13H16N4O. The molecule has 0 aromatic carbocycles. The van der Waals surface area contributed by atoms with Gasteiger partial charge in [0.05, 0.1) is 25.0 Å². The minimum Gasteiger partial charge on any atom is -0.492 e. The fraction of sp³-hybridized carbons (Fsp3) is 0.308. The Kier molecular flexibility index (Phi) is 4.20. The van der Waals surface area contributed by atoms with Crippen LogP contribution in [0.1, 0.15) is 30.5 Å². The summed E-state index contributed by atoms with van der Waals surface area (Å²) in [6.45, 7) is 2.74. The van der Waals surface area contributed by atoms with Crippen molar-refractivity contribution in [1.29, 1.82) is 0 Å². The second-order valence-corrected chi connectivity index (χ2v) is 3.96. The van der Waals surface area contributed by atoms with Crippen LogP contribution in [0.25, 0.3) is 0 Å². The van der Waals surface area contributed by atoms with Crippen LogP contribution in [0.3, 0.4) is 0 Å². The molecule has 0 bridgehead atoms. The molecule has 2 N–H and O–H groups in total. The highest BCUT2D eigenvalue weighted by Gasteiger charge is 2.10. The molecule has 5 heteroatoms. The zero-order valence-electron chi connectivity index (χ0n) is 10.3. The molecule has 0 aliphatic heterocycles. The molecule has 2 aromatic heterocycles. The van der Waals surface area contributed by atoms with E-state index < -0.39 is 0 Å². The van der Waals surface area contributed by atoms with Gasteiger partial charge in [-0.3, -0.25) is 4.98 Å². The maximum atomic E-state index is 6.15. The van der Waals surface area contributed by atoms with E-state index in [-0.39, 0.29) is 6.04 Å². The standard InChI is InChI=1S/C13H16N4O/c1-2-5-18-12-6-11(7-15-9-12)13(14)10-3-4-16-17-8-10/h3-4,6-9,13H,2,5,14H2,1H3. The molecule has 2 rings (SSSR count). The van der Waals surface area contributed by atoms with Gasteiger partial charge in [-0.2, -0.15) is 10.2 Å². The van der Waals surface area contributed by atoms with Crippen LogP contribution in [0.4, 0.5) is 0 Å². The van der Waals surface area contributed by atoms with Crippen molar-refractivity contribution < 1.29 is 4.74 Å². The van der Waals surface area contributed by atoms with Crippen molar-refractivity contribution in [3.8, 4) is 5.75 Å². The van der Waals surface area contributed by atoms with E-state index in [1.165, 1.54) is 0 Å². The maximum Gasteiger partial charge on any atom is 0.137 e. The Labute approximate surface area is 106 Å². The Morgan fingerprint density at radius 2 is 2.11 bits per heavy atom. The van der Waals surface area contributed by atoms with E-state index in [1.807, 2.05) is 12.1 Å². The molecule has 0 saturated heterocycles. The predicted molar refractivity (Wildman–Crippen MR) is 68.1 cm³/mol. The minimum absolute atomic E-state index is 0.266. The van der Waals surface area contributed by atoms with Crippen LogP contribution in [-0.2, 0) is 0 Å². The Morgan fingerprint density at radius 3 is 2.83 bits per heavy atom. The van der Waals surface area contributed by atoms with Crippen LogP contribution in [0.2, 0.25) is 0 Å². The van der Waals surface area contributed by atoms with Gasteiger partial charge in [0.15, 0.2) is 0 Å². The second-order valence-electron chi connectivity index (χ2n) is 3.96. The van der Waals surface area contributed by atoms with Gasteiger partial charge >= 0.3 is 0 Å². The molecule has 18 heavy (non-hydrogen) atoms. The second kappa shape index (κ2) is 6.07. The lowest BCUT2D eigenvalue weighted by molar-refractivity contribution is 0.315. The van der Waals surface area contributed by atoms with Gasteiger partial charge in [0.25, 0.3) is 0 Å². The van der Waals surface area contributed by atoms with E-state index in [2.05, 4.69) is 22.1 Å². The normalized spacial score (nSPS) is 12.1. The lowest BCUT2D eigenvalue weighted by Crippen LogP contribution is -2.12. The molecule has 0 spiro atoms. The quantitative estimate of drug-likeness (QED) is 0.866. The highest BCUT2D eigenvalue weighted by molar-refractivity contribution is 5.31. The summed E-state index contributed by atoms with van der Waals surface area (Å²) >= 11 is 0. The first-order chi connectivity index (χ1) is 8.81. The van der Waals surface area contributed by atoms with Gasteiger partial charge in [-0.15, -0.1) is 0 Å². The van der Waals surface area contributed by atoms with Crippen molar-refractivity contribution in [2.24, 2.45) is 5.73 Å². The third-order valence-electron chi connectivity index (χ3n) is 2.53. The number of pyridine rings is 1. The van der Waals surface area contributed by atoms with Gasteiger partial charge in [0.2, 0.25) is 0 Å². The lowest BCUT2D eigenvalue weighted by Gasteiger charge is -2.12. The van der Waals surface area contributed by atoms with Crippen LogP contribution in [0.15, 0.2) is 36.9 Å². The number of rotatable bonds is 5. The Bertz CT molecular complexity index is 489. The molecule has 0 fully saturated rings. The SMILES string of the molecule is CCCOc1cncc(C(N)c2ccnnc2)c1. The van der Waals surface area contributed by atoms with Gasteiger partial charge in [-0.25, -0.2) is 0 Å². The summed E-state index contributed by atoms with van der Waals surface area (Å²) < 4.78 is 5.54. The average molecular weight is 244 g/mol. The zero-order chi connectivity index (χ0) is 12.8. The van der Waals surface area contributed by atoms with Crippen LogP contribution in [0, 0.1) is 0 Å². The molecule has 2 aromatic rings. The number of hydrogen-bond donors (Lipinski definition) is 1. The molecule has 0 radical (unpaired) electrons. The molecule has 0 aliphatic rings. The van der Waals surface area contributed by atoms with Gasteiger partial charge in [0, 0.05) is 12.4 Å². The topological polar surface area (TPSA) is 73.9 Å².